The van der Waals surface area contributed by atoms with Gasteiger partial charge in [0.15, 0.2) is 0 Å². The van der Waals surface area contributed by atoms with Crippen molar-refractivity contribution < 1.29 is 19.1 Å². The van der Waals surface area contributed by atoms with Gasteiger partial charge in [-0.15, -0.1) is 0 Å². The highest BCUT2D eigenvalue weighted by atomic mass is 16.5. The second-order valence-corrected chi connectivity index (χ2v) is 7.39. The molecule has 5 heteroatoms. The van der Waals surface area contributed by atoms with E-state index in [1.54, 1.807) is 48.5 Å². The predicted octanol–water partition coefficient (Wildman–Crippen LogP) is 3.83. The summed E-state index contributed by atoms with van der Waals surface area (Å²) >= 11 is 0. The molecule has 3 atom stereocenters. The average Bonchev–Trinajstić information content (AvgIpc) is 2.93. The summed E-state index contributed by atoms with van der Waals surface area (Å²) in [5, 5.41) is 0. The zero-order valence-electron chi connectivity index (χ0n) is 15.1. The lowest BCUT2D eigenvalue weighted by Crippen LogP contribution is -2.30. The Hall–Kier alpha value is -2.95. The van der Waals surface area contributed by atoms with Crippen LogP contribution in [0.15, 0.2) is 54.6 Å². The Kier molecular flexibility index (Phi) is 4.52. The van der Waals surface area contributed by atoms with Crippen LogP contribution in [0.4, 0.5) is 5.69 Å². The van der Waals surface area contributed by atoms with Gasteiger partial charge in [-0.25, -0.2) is 4.79 Å². The molecule has 138 valence electrons. The van der Waals surface area contributed by atoms with Crippen molar-refractivity contribution in [3.63, 3.8) is 0 Å². The van der Waals surface area contributed by atoms with Crippen molar-refractivity contribution in [1.29, 1.82) is 0 Å². The van der Waals surface area contributed by atoms with Crippen molar-refractivity contribution in [3.8, 4) is 5.75 Å². The number of esters is 1. The van der Waals surface area contributed by atoms with Crippen LogP contribution in [-0.2, 0) is 9.59 Å². The SMILES string of the molecule is C[C@@H]1CC[C@@H]2C(=O)N(c3ccc(OC(=O)c4ccccc4)cc3)C(=O)[C@@H]2C1. The molecule has 2 amide bonds. The largest absolute Gasteiger partial charge is 0.423 e. The first-order chi connectivity index (χ1) is 13.0. The number of anilines is 1. The molecule has 0 radical (unpaired) electrons. The molecule has 2 aromatic rings. The van der Waals surface area contributed by atoms with E-state index < -0.39 is 5.97 Å². The quantitative estimate of drug-likeness (QED) is 0.472. The molecular formula is C22H21NO4. The van der Waals surface area contributed by atoms with Crippen molar-refractivity contribution in [1.82, 2.24) is 0 Å². The van der Waals surface area contributed by atoms with Gasteiger partial charge in [0.2, 0.25) is 11.8 Å². The van der Waals surface area contributed by atoms with Gasteiger partial charge in [-0.1, -0.05) is 25.1 Å². The zero-order chi connectivity index (χ0) is 19.0. The molecule has 1 saturated heterocycles. The molecule has 27 heavy (non-hydrogen) atoms. The summed E-state index contributed by atoms with van der Waals surface area (Å²) in [6.45, 7) is 2.13. The van der Waals surface area contributed by atoms with Crippen LogP contribution < -0.4 is 9.64 Å². The van der Waals surface area contributed by atoms with Gasteiger partial charge in [-0.3, -0.25) is 14.5 Å². The maximum atomic E-state index is 12.8. The molecule has 0 N–H and O–H groups in total. The fourth-order valence-electron chi connectivity index (χ4n) is 4.05. The fourth-order valence-corrected chi connectivity index (χ4v) is 4.05. The van der Waals surface area contributed by atoms with Crippen LogP contribution in [0.1, 0.15) is 36.5 Å². The highest BCUT2D eigenvalue weighted by molar-refractivity contribution is 6.22. The highest BCUT2D eigenvalue weighted by Crippen LogP contribution is 2.42. The van der Waals surface area contributed by atoms with E-state index in [9.17, 15) is 14.4 Å². The molecule has 2 fully saturated rings. The second kappa shape index (κ2) is 6.99. The molecule has 1 saturated carbocycles. The highest BCUT2D eigenvalue weighted by Gasteiger charge is 2.49. The molecular weight excluding hydrogens is 342 g/mol. The standard InChI is InChI=1S/C22H21NO4/c1-14-7-12-18-19(13-14)21(25)23(20(18)24)16-8-10-17(11-9-16)27-22(26)15-5-3-2-4-6-15/h2-6,8-11,14,18-19H,7,12-13H2,1H3/t14-,18+,19-/m1/s1. The lowest BCUT2D eigenvalue weighted by molar-refractivity contribution is -0.122. The number of amides is 2. The van der Waals surface area contributed by atoms with Crippen LogP contribution in [0.2, 0.25) is 0 Å². The number of fused-ring (bicyclic) bond motifs is 1. The smallest absolute Gasteiger partial charge is 0.343 e. The molecule has 0 aromatic heterocycles. The van der Waals surface area contributed by atoms with E-state index in [-0.39, 0.29) is 23.7 Å². The van der Waals surface area contributed by atoms with Gasteiger partial charge in [0.05, 0.1) is 23.1 Å². The topological polar surface area (TPSA) is 63.7 Å². The number of hydrogen-bond donors (Lipinski definition) is 0. The molecule has 2 aliphatic rings. The molecule has 1 aliphatic heterocycles. The summed E-state index contributed by atoms with van der Waals surface area (Å²) in [5.41, 5.74) is 0.997. The molecule has 0 unspecified atom stereocenters. The number of hydrogen-bond acceptors (Lipinski definition) is 4. The van der Waals surface area contributed by atoms with Gasteiger partial charge >= 0.3 is 5.97 Å². The Labute approximate surface area is 157 Å². The van der Waals surface area contributed by atoms with Crippen LogP contribution in [0.3, 0.4) is 0 Å². The summed E-state index contributed by atoms with van der Waals surface area (Å²) in [6, 6.07) is 15.3. The third kappa shape index (κ3) is 3.25. The van der Waals surface area contributed by atoms with Crippen LogP contribution in [0.5, 0.6) is 5.75 Å². The van der Waals surface area contributed by atoms with Gasteiger partial charge in [0.1, 0.15) is 5.75 Å². The second-order valence-electron chi connectivity index (χ2n) is 7.39. The molecule has 0 bridgehead atoms. The Morgan fingerprint density at radius 2 is 1.59 bits per heavy atom. The van der Waals surface area contributed by atoms with Crippen molar-refractivity contribution in [2.24, 2.45) is 17.8 Å². The molecule has 2 aromatic carbocycles. The lowest BCUT2D eigenvalue weighted by Gasteiger charge is -2.25. The first-order valence-electron chi connectivity index (χ1n) is 9.29. The van der Waals surface area contributed by atoms with Crippen LogP contribution >= 0.6 is 0 Å². The summed E-state index contributed by atoms with van der Waals surface area (Å²) in [5.74, 6) is -0.199. The van der Waals surface area contributed by atoms with Gasteiger partial charge in [-0.2, -0.15) is 0 Å². The third-order valence-electron chi connectivity index (χ3n) is 5.50. The minimum Gasteiger partial charge on any atom is -0.423 e. The van der Waals surface area contributed by atoms with E-state index in [4.69, 9.17) is 4.74 Å². The Balaban J connectivity index is 1.50. The van der Waals surface area contributed by atoms with Crippen LogP contribution in [0.25, 0.3) is 0 Å². The number of carbonyl (C=O) groups is 3. The van der Waals surface area contributed by atoms with E-state index in [0.29, 0.717) is 22.9 Å². The Morgan fingerprint density at radius 1 is 0.926 bits per heavy atom. The number of imide groups is 1. The van der Waals surface area contributed by atoms with E-state index in [1.807, 2.05) is 6.07 Å². The summed E-state index contributed by atoms with van der Waals surface area (Å²) in [4.78, 5) is 38.9. The van der Waals surface area contributed by atoms with Crippen LogP contribution in [0, 0.1) is 17.8 Å². The normalized spacial score (nSPS) is 24.6. The first kappa shape index (κ1) is 17.5. The fraction of sp³-hybridized carbons (Fsp3) is 0.318. The van der Waals surface area contributed by atoms with Gasteiger partial charge in [0, 0.05) is 0 Å². The number of nitrogens with zero attached hydrogens (tertiary/aromatic N) is 1. The van der Waals surface area contributed by atoms with Crippen molar-refractivity contribution in [3.05, 3.63) is 60.2 Å². The Morgan fingerprint density at radius 3 is 2.30 bits per heavy atom. The summed E-state index contributed by atoms with van der Waals surface area (Å²) < 4.78 is 5.35. The monoisotopic (exact) mass is 363 g/mol. The maximum Gasteiger partial charge on any atom is 0.343 e. The number of ether oxygens (including phenoxy) is 1. The maximum absolute atomic E-state index is 12.8. The minimum absolute atomic E-state index is 0.106. The van der Waals surface area contributed by atoms with Crippen LogP contribution in [-0.4, -0.2) is 17.8 Å². The molecule has 1 heterocycles. The van der Waals surface area contributed by atoms with E-state index in [0.717, 1.165) is 19.3 Å². The van der Waals surface area contributed by atoms with Gasteiger partial charge < -0.3 is 4.74 Å². The third-order valence-corrected chi connectivity index (χ3v) is 5.50. The lowest BCUT2D eigenvalue weighted by atomic mass is 9.76. The molecule has 5 nitrogen and oxygen atoms in total. The average molecular weight is 363 g/mol. The first-order valence-corrected chi connectivity index (χ1v) is 9.29. The van der Waals surface area contributed by atoms with E-state index >= 15 is 0 Å². The number of benzene rings is 2. The van der Waals surface area contributed by atoms with E-state index in [1.165, 1.54) is 4.90 Å². The summed E-state index contributed by atoms with van der Waals surface area (Å²) in [6.07, 6.45) is 2.54. The van der Waals surface area contributed by atoms with Crippen molar-refractivity contribution in [2.75, 3.05) is 4.90 Å². The molecule has 1 aliphatic carbocycles. The molecule has 4 rings (SSSR count). The summed E-state index contributed by atoms with van der Waals surface area (Å²) in [7, 11) is 0. The van der Waals surface area contributed by atoms with E-state index in [2.05, 4.69) is 6.92 Å². The minimum atomic E-state index is -0.448. The van der Waals surface area contributed by atoms with Crippen molar-refractivity contribution in [2.45, 2.75) is 26.2 Å². The number of rotatable bonds is 3. The molecule has 0 spiro atoms. The number of carbonyl (C=O) groups excluding carboxylic acids is 3. The van der Waals surface area contributed by atoms with Gasteiger partial charge in [0.25, 0.3) is 0 Å². The zero-order valence-corrected chi connectivity index (χ0v) is 15.1. The predicted molar refractivity (Wildman–Crippen MR) is 100 cm³/mol. The van der Waals surface area contributed by atoms with Crippen molar-refractivity contribution >= 4 is 23.5 Å². The Bertz CT molecular complexity index is 875. The van der Waals surface area contributed by atoms with Gasteiger partial charge in [-0.05, 0) is 61.6 Å².